The van der Waals surface area contributed by atoms with Gasteiger partial charge in [-0.15, -0.1) is 0 Å². The van der Waals surface area contributed by atoms with Crippen LogP contribution in [0, 0.1) is 6.92 Å². The Morgan fingerprint density at radius 1 is 1.21 bits per heavy atom. The summed E-state index contributed by atoms with van der Waals surface area (Å²) in [6, 6.07) is 9.50. The van der Waals surface area contributed by atoms with E-state index in [9.17, 15) is 9.59 Å². The minimum atomic E-state index is -0.396. The van der Waals surface area contributed by atoms with Crippen molar-refractivity contribution in [1.29, 1.82) is 0 Å². The fourth-order valence-corrected chi connectivity index (χ4v) is 2.59. The fourth-order valence-electron chi connectivity index (χ4n) is 1.69. The molecule has 0 fully saturated rings. The maximum atomic E-state index is 12.1. The van der Waals surface area contributed by atoms with Crippen LogP contribution in [0.25, 0.3) is 11.0 Å². The number of aryl methyl sites for hydroxylation is 1. The van der Waals surface area contributed by atoms with Gasteiger partial charge in [-0.2, -0.15) is 14.6 Å². The van der Waals surface area contributed by atoms with Crippen molar-refractivity contribution < 1.29 is 0 Å². The largest absolute Gasteiger partial charge is 0.295 e. The number of benzene rings is 1. The molecule has 2 heterocycles. The van der Waals surface area contributed by atoms with Gasteiger partial charge in [0.05, 0.1) is 4.53 Å². The third kappa shape index (κ3) is 2.06. The summed E-state index contributed by atoms with van der Waals surface area (Å²) >= 11 is 1.16. The lowest BCUT2D eigenvalue weighted by Crippen LogP contribution is -2.27. The van der Waals surface area contributed by atoms with Gasteiger partial charge < -0.3 is 0 Å². The van der Waals surface area contributed by atoms with Gasteiger partial charge in [-0.05, 0) is 18.6 Å². The Kier molecular flexibility index (Phi) is 2.72. The number of rotatable bonds is 1. The van der Waals surface area contributed by atoms with Crippen molar-refractivity contribution in [3.63, 3.8) is 0 Å². The highest BCUT2D eigenvalue weighted by molar-refractivity contribution is 7.15. The molecule has 0 aliphatic heterocycles. The van der Waals surface area contributed by atoms with E-state index in [1.807, 2.05) is 30.3 Å². The molecule has 0 saturated heterocycles. The summed E-state index contributed by atoms with van der Waals surface area (Å²) in [7, 11) is 0. The summed E-state index contributed by atoms with van der Waals surface area (Å²) in [6.45, 7) is 1.54. The first-order chi connectivity index (χ1) is 9.15. The van der Waals surface area contributed by atoms with Crippen LogP contribution in [0.2, 0.25) is 0 Å². The Balaban J connectivity index is 2.33. The van der Waals surface area contributed by atoms with Gasteiger partial charge in [-0.1, -0.05) is 41.7 Å². The first-order valence-corrected chi connectivity index (χ1v) is 6.44. The van der Waals surface area contributed by atoms with Crippen LogP contribution < -0.4 is 15.7 Å². The Hall–Kier alpha value is -2.34. The molecule has 5 nitrogen and oxygen atoms in total. The third-order valence-corrected chi connectivity index (χ3v) is 3.60. The number of nitrogens with zero attached hydrogens (tertiary/aromatic N) is 3. The highest BCUT2D eigenvalue weighted by Crippen LogP contribution is 2.01. The normalized spacial score (nSPS) is 12.2. The summed E-state index contributed by atoms with van der Waals surface area (Å²) in [5, 5.41) is 3.96. The van der Waals surface area contributed by atoms with Gasteiger partial charge in [-0.25, -0.2) is 0 Å². The molecular formula is C13H9N3O2S. The average molecular weight is 271 g/mol. The average Bonchev–Trinajstić information content (AvgIpc) is 2.69. The van der Waals surface area contributed by atoms with E-state index in [-0.39, 0.29) is 11.3 Å². The summed E-state index contributed by atoms with van der Waals surface area (Å²) in [6.07, 6.45) is 1.77. The molecule has 2 aromatic heterocycles. The Bertz CT molecular complexity index is 913. The summed E-state index contributed by atoms with van der Waals surface area (Å²) in [5.74, 6) is 0. The second-order valence-corrected chi connectivity index (χ2v) is 5.03. The van der Waals surface area contributed by atoms with E-state index >= 15 is 0 Å². The molecule has 0 atom stereocenters. The monoisotopic (exact) mass is 271 g/mol. The summed E-state index contributed by atoms with van der Waals surface area (Å²) in [5.41, 5.74) is 0.497. The van der Waals surface area contributed by atoms with E-state index in [1.54, 1.807) is 13.0 Å². The molecule has 0 aliphatic rings. The second-order valence-electron chi connectivity index (χ2n) is 4.02. The van der Waals surface area contributed by atoms with Crippen LogP contribution in [0.1, 0.15) is 11.3 Å². The van der Waals surface area contributed by atoms with Crippen molar-refractivity contribution in [2.24, 2.45) is 0 Å². The standard InChI is InChI=1S/C13H9N3O2S/c1-8-11(17)14-13-16(15-8)12(18)10(19-13)7-9-5-3-2-4-6-9/h2-7H,1H3/b10-7+. The van der Waals surface area contributed by atoms with Crippen LogP contribution >= 0.6 is 11.3 Å². The van der Waals surface area contributed by atoms with Gasteiger partial charge in [0.2, 0.25) is 4.96 Å². The lowest BCUT2D eigenvalue weighted by molar-refractivity contribution is 0.833. The van der Waals surface area contributed by atoms with E-state index in [1.165, 1.54) is 4.52 Å². The maximum absolute atomic E-state index is 12.1. The highest BCUT2D eigenvalue weighted by atomic mass is 32.1. The molecule has 0 radical (unpaired) electrons. The lowest BCUT2D eigenvalue weighted by Gasteiger charge is -1.89. The van der Waals surface area contributed by atoms with E-state index in [4.69, 9.17) is 0 Å². The zero-order valence-electron chi connectivity index (χ0n) is 10.0. The zero-order chi connectivity index (χ0) is 13.4. The predicted octanol–water partition coefficient (Wildman–Crippen LogP) is 0.367. The number of hydrogen-bond donors (Lipinski definition) is 0. The molecular weight excluding hydrogens is 262 g/mol. The molecule has 3 aromatic rings. The van der Waals surface area contributed by atoms with Crippen LogP contribution in [0.4, 0.5) is 0 Å². The minimum absolute atomic E-state index is 0.221. The van der Waals surface area contributed by atoms with Crippen molar-refractivity contribution in [3.8, 4) is 0 Å². The Morgan fingerprint density at radius 2 is 1.95 bits per heavy atom. The molecule has 6 heteroatoms. The molecule has 3 rings (SSSR count). The van der Waals surface area contributed by atoms with Crippen LogP contribution in [-0.2, 0) is 0 Å². The maximum Gasteiger partial charge on any atom is 0.295 e. The van der Waals surface area contributed by atoms with Crippen molar-refractivity contribution in [1.82, 2.24) is 14.6 Å². The van der Waals surface area contributed by atoms with Gasteiger partial charge in [0.15, 0.2) is 0 Å². The van der Waals surface area contributed by atoms with Crippen molar-refractivity contribution in [3.05, 3.63) is 66.8 Å². The van der Waals surface area contributed by atoms with Gasteiger partial charge in [-0.3, -0.25) is 9.59 Å². The van der Waals surface area contributed by atoms with Crippen molar-refractivity contribution >= 4 is 22.4 Å². The van der Waals surface area contributed by atoms with Gasteiger partial charge >= 0.3 is 0 Å². The Morgan fingerprint density at radius 3 is 2.68 bits per heavy atom. The van der Waals surface area contributed by atoms with Gasteiger partial charge in [0, 0.05) is 0 Å². The highest BCUT2D eigenvalue weighted by Gasteiger charge is 2.07. The van der Waals surface area contributed by atoms with E-state index in [2.05, 4.69) is 10.1 Å². The molecule has 0 aliphatic carbocycles. The van der Waals surface area contributed by atoms with Crippen LogP contribution in [0.5, 0.6) is 0 Å². The number of fused-ring (bicyclic) bond motifs is 1. The van der Waals surface area contributed by atoms with Crippen molar-refractivity contribution in [2.45, 2.75) is 6.92 Å². The molecule has 0 bridgehead atoms. The molecule has 0 unspecified atom stereocenters. The summed E-state index contributed by atoms with van der Waals surface area (Å²) in [4.78, 5) is 27.7. The molecule has 0 amide bonds. The first-order valence-electron chi connectivity index (χ1n) is 5.62. The Labute approximate surface area is 111 Å². The molecule has 0 spiro atoms. The topological polar surface area (TPSA) is 64.3 Å². The molecule has 94 valence electrons. The minimum Gasteiger partial charge on any atom is -0.266 e. The second kappa shape index (κ2) is 4.40. The number of aromatic nitrogens is 3. The summed E-state index contributed by atoms with van der Waals surface area (Å²) < 4.78 is 1.69. The number of hydrogen-bond acceptors (Lipinski definition) is 5. The number of thiazole rings is 1. The van der Waals surface area contributed by atoms with Gasteiger partial charge in [0.1, 0.15) is 5.69 Å². The van der Waals surface area contributed by atoms with Crippen LogP contribution in [0.3, 0.4) is 0 Å². The third-order valence-electron chi connectivity index (χ3n) is 2.64. The smallest absolute Gasteiger partial charge is 0.266 e. The van der Waals surface area contributed by atoms with Crippen LogP contribution in [0.15, 0.2) is 39.9 Å². The fraction of sp³-hybridized carbons (Fsp3) is 0.0769. The lowest BCUT2D eigenvalue weighted by atomic mass is 10.2. The zero-order valence-corrected chi connectivity index (χ0v) is 10.8. The molecule has 1 aromatic carbocycles. The molecule has 19 heavy (non-hydrogen) atoms. The molecule has 0 saturated carbocycles. The van der Waals surface area contributed by atoms with E-state index in [0.29, 0.717) is 9.49 Å². The molecule has 0 N–H and O–H groups in total. The van der Waals surface area contributed by atoms with Crippen LogP contribution in [-0.4, -0.2) is 14.6 Å². The van der Waals surface area contributed by atoms with E-state index in [0.717, 1.165) is 16.9 Å². The van der Waals surface area contributed by atoms with E-state index < -0.39 is 5.56 Å². The SMILES string of the molecule is Cc1nn2c(=O)/c(=C\c3ccccc3)sc2nc1=O. The predicted molar refractivity (Wildman–Crippen MR) is 73.4 cm³/mol. The quantitative estimate of drug-likeness (QED) is 0.641. The van der Waals surface area contributed by atoms with Gasteiger partial charge in [0.25, 0.3) is 11.1 Å². The first kappa shape index (κ1) is 11.7. The van der Waals surface area contributed by atoms with Crippen molar-refractivity contribution in [2.75, 3.05) is 0 Å².